The van der Waals surface area contributed by atoms with Crippen LogP contribution < -0.4 is 5.32 Å². The van der Waals surface area contributed by atoms with Gasteiger partial charge in [-0.05, 0) is 55.7 Å². The Hall–Kier alpha value is -1.35. The fourth-order valence-corrected chi connectivity index (χ4v) is 2.42. The van der Waals surface area contributed by atoms with Gasteiger partial charge in [0.15, 0.2) is 0 Å². The maximum Gasteiger partial charge on any atom is 0.248 e. The zero-order valence-electron chi connectivity index (χ0n) is 10.9. The first kappa shape index (κ1) is 13.1. The normalized spacial score (nSPS) is 15.9. The lowest BCUT2D eigenvalue weighted by Gasteiger charge is -2.16. The van der Waals surface area contributed by atoms with E-state index in [2.05, 4.69) is 23.5 Å². The van der Waals surface area contributed by atoms with Gasteiger partial charge >= 0.3 is 0 Å². The smallest absolute Gasteiger partial charge is 0.248 e. The number of hydrogen-bond acceptors (Lipinski definition) is 2. The van der Waals surface area contributed by atoms with E-state index in [1.54, 1.807) is 0 Å². The van der Waals surface area contributed by atoms with Crippen LogP contribution in [-0.4, -0.2) is 23.7 Å². The molecule has 1 aliphatic carbocycles. The van der Waals surface area contributed by atoms with E-state index in [1.807, 2.05) is 0 Å². The first-order chi connectivity index (χ1) is 8.66. The highest BCUT2D eigenvalue weighted by atomic mass is 16.3. The minimum atomic E-state index is -0.923. The SMILES string of the molecule is CC(O)C(=O)NCCc1ccc2c(c1)CCCC2. The number of fused-ring (bicyclic) bond motifs is 1. The van der Waals surface area contributed by atoms with E-state index in [0.29, 0.717) is 6.54 Å². The molecule has 1 unspecified atom stereocenters. The van der Waals surface area contributed by atoms with Gasteiger partial charge in [-0.1, -0.05) is 18.2 Å². The molecule has 0 aliphatic heterocycles. The molecule has 1 aromatic carbocycles. The van der Waals surface area contributed by atoms with Crippen molar-refractivity contribution >= 4 is 5.91 Å². The molecule has 0 heterocycles. The van der Waals surface area contributed by atoms with Crippen LogP contribution in [-0.2, 0) is 24.1 Å². The van der Waals surface area contributed by atoms with Crippen LogP contribution in [0.25, 0.3) is 0 Å². The highest BCUT2D eigenvalue weighted by Gasteiger charge is 2.10. The van der Waals surface area contributed by atoms with Crippen LogP contribution in [0.2, 0.25) is 0 Å². The third-order valence-corrected chi connectivity index (χ3v) is 3.51. The molecule has 0 bridgehead atoms. The molecule has 1 atom stereocenters. The van der Waals surface area contributed by atoms with Gasteiger partial charge in [-0.25, -0.2) is 0 Å². The van der Waals surface area contributed by atoms with Crippen molar-refractivity contribution in [2.45, 2.75) is 45.1 Å². The number of aryl methyl sites for hydroxylation is 2. The van der Waals surface area contributed by atoms with E-state index in [1.165, 1.54) is 49.3 Å². The number of benzene rings is 1. The zero-order chi connectivity index (χ0) is 13.0. The molecule has 3 nitrogen and oxygen atoms in total. The van der Waals surface area contributed by atoms with Crippen molar-refractivity contribution in [1.29, 1.82) is 0 Å². The fraction of sp³-hybridized carbons (Fsp3) is 0.533. The predicted molar refractivity (Wildman–Crippen MR) is 71.5 cm³/mol. The second-order valence-corrected chi connectivity index (χ2v) is 5.03. The summed E-state index contributed by atoms with van der Waals surface area (Å²) in [7, 11) is 0. The van der Waals surface area contributed by atoms with Crippen molar-refractivity contribution in [3.05, 3.63) is 34.9 Å². The predicted octanol–water partition coefficient (Wildman–Crippen LogP) is 1.60. The first-order valence-corrected chi connectivity index (χ1v) is 6.73. The van der Waals surface area contributed by atoms with Crippen molar-refractivity contribution in [2.75, 3.05) is 6.54 Å². The Morgan fingerprint density at radius 2 is 2.06 bits per heavy atom. The van der Waals surface area contributed by atoms with Gasteiger partial charge < -0.3 is 10.4 Å². The second-order valence-electron chi connectivity index (χ2n) is 5.03. The molecule has 1 amide bonds. The molecule has 2 rings (SSSR count). The molecule has 0 fully saturated rings. The summed E-state index contributed by atoms with van der Waals surface area (Å²) in [5.41, 5.74) is 4.22. The minimum Gasteiger partial charge on any atom is -0.384 e. The average Bonchev–Trinajstić information content (AvgIpc) is 2.38. The van der Waals surface area contributed by atoms with Crippen molar-refractivity contribution < 1.29 is 9.90 Å². The van der Waals surface area contributed by atoms with Crippen LogP contribution in [0, 0.1) is 0 Å². The summed E-state index contributed by atoms with van der Waals surface area (Å²) in [5, 5.41) is 11.8. The molecule has 1 aromatic rings. The Kier molecular flexibility index (Phi) is 4.37. The highest BCUT2D eigenvalue weighted by molar-refractivity contribution is 5.79. The Balaban J connectivity index is 1.88. The molecule has 1 aliphatic rings. The van der Waals surface area contributed by atoms with Gasteiger partial charge in [0.05, 0.1) is 0 Å². The minimum absolute atomic E-state index is 0.298. The summed E-state index contributed by atoms with van der Waals surface area (Å²) in [5.74, 6) is -0.298. The van der Waals surface area contributed by atoms with E-state index in [4.69, 9.17) is 5.11 Å². The Morgan fingerprint density at radius 1 is 1.33 bits per heavy atom. The molecule has 98 valence electrons. The van der Waals surface area contributed by atoms with Crippen LogP contribution in [0.1, 0.15) is 36.5 Å². The number of carbonyl (C=O) groups excluding carboxylic acids is 1. The van der Waals surface area contributed by atoms with Gasteiger partial charge in [0.25, 0.3) is 0 Å². The maximum absolute atomic E-state index is 11.2. The van der Waals surface area contributed by atoms with E-state index >= 15 is 0 Å². The summed E-state index contributed by atoms with van der Waals surface area (Å²) in [6, 6.07) is 6.64. The van der Waals surface area contributed by atoms with Crippen molar-refractivity contribution in [3.63, 3.8) is 0 Å². The van der Waals surface area contributed by atoms with Gasteiger partial charge in [0.1, 0.15) is 6.10 Å². The van der Waals surface area contributed by atoms with E-state index in [-0.39, 0.29) is 5.91 Å². The molecular weight excluding hydrogens is 226 g/mol. The monoisotopic (exact) mass is 247 g/mol. The highest BCUT2D eigenvalue weighted by Crippen LogP contribution is 2.22. The number of aliphatic hydroxyl groups is 1. The molecular formula is C15H21NO2. The van der Waals surface area contributed by atoms with Crippen LogP contribution in [0.3, 0.4) is 0 Å². The van der Waals surface area contributed by atoms with Crippen molar-refractivity contribution in [3.8, 4) is 0 Å². The second kappa shape index (κ2) is 6.01. The standard InChI is InChI=1S/C15H21NO2/c1-11(17)15(18)16-9-8-12-6-7-13-4-2-3-5-14(13)10-12/h6-7,10-11,17H,2-5,8-9H2,1H3,(H,16,18). The summed E-state index contributed by atoms with van der Waals surface area (Å²) in [6.07, 6.45) is 4.88. The van der Waals surface area contributed by atoms with Crippen LogP contribution in [0.15, 0.2) is 18.2 Å². The molecule has 0 saturated heterocycles. The lowest BCUT2D eigenvalue weighted by atomic mass is 9.90. The van der Waals surface area contributed by atoms with Gasteiger partial charge in [-0.15, -0.1) is 0 Å². The van der Waals surface area contributed by atoms with E-state index in [9.17, 15) is 4.79 Å². The summed E-state index contributed by atoms with van der Waals surface area (Å²) in [4.78, 5) is 11.2. The van der Waals surface area contributed by atoms with Crippen LogP contribution in [0.5, 0.6) is 0 Å². The quantitative estimate of drug-likeness (QED) is 0.849. The lowest BCUT2D eigenvalue weighted by molar-refractivity contribution is -0.128. The molecule has 0 saturated carbocycles. The van der Waals surface area contributed by atoms with E-state index < -0.39 is 6.10 Å². The summed E-state index contributed by atoms with van der Waals surface area (Å²) in [6.45, 7) is 2.07. The van der Waals surface area contributed by atoms with Crippen molar-refractivity contribution in [2.24, 2.45) is 0 Å². The summed E-state index contributed by atoms with van der Waals surface area (Å²) >= 11 is 0. The number of aliphatic hydroxyl groups excluding tert-OH is 1. The van der Waals surface area contributed by atoms with Gasteiger partial charge in [-0.3, -0.25) is 4.79 Å². The largest absolute Gasteiger partial charge is 0.384 e. The lowest BCUT2D eigenvalue weighted by Crippen LogP contribution is -2.33. The third-order valence-electron chi connectivity index (χ3n) is 3.51. The van der Waals surface area contributed by atoms with Crippen LogP contribution in [0.4, 0.5) is 0 Å². The first-order valence-electron chi connectivity index (χ1n) is 6.73. The van der Waals surface area contributed by atoms with Gasteiger partial charge in [0.2, 0.25) is 5.91 Å². The maximum atomic E-state index is 11.2. The Morgan fingerprint density at radius 3 is 2.78 bits per heavy atom. The zero-order valence-corrected chi connectivity index (χ0v) is 10.9. The third kappa shape index (κ3) is 3.33. The fourth-order valence-electron chi connectivity index (χ4n) is 2.42. The molecule has 0 radical (unpaired) electrons. The summed E-state index contributed by atoms with van der Waals surface area (Å²) < 4.78 is 0. The number of rotatable bonds is 4. The van der Waals surface area contributed by atoms with Crippen LogP contribution >= 0.6 is 0 Å². The molecule has 2 N–H and O–H groups in total. The topological polar surface area (TPSA) is 49.3 Å². The molecule has 0 spiro atoms. The number of amides is 1. The average molecular weight is 247 g/mol. The molecule has 3 heteroatoms. The number of hydrogen-bond donors (Lipinski definition) is 2. The van der Waals surface area contributed by atoms with E-state index in [0.717, 1.165) is 6.42 Å². The molecule has 18 heavy (non-hydrogen) atoms. The van der Waals surface area contributed by atoms with Gasteiger partial charge in [-0.2, -0.15) is 0 Å². The number of carbonyl (C=O) groups is 1. The van der Waals surface area contributed by atoms with Gasteiger partial charge in [0, 0.05) is 6.54 Å². The Bertz CT molecular complexity index is 427. The number of nitrogens with one attached hydrogen (secondary N) is 1. The Labute approximate surface area is 108 Å². The molecule has 0 aromatic heterocycles. The van der Waals surface area contributed by atoms with Crippen molar-refractivity contribution in [1.82, 2.24) is 5.32 Å².